The third-order valence-corrected chi connectivity index (χ3v) is 8.83. The highest BCUT2D eigenvalue weighted by Crippen LogP contribution is 2.41. The monoisotopic (exact) mass is 600 g/mol. The van der Waals surface area contributed by atoms with E-state index in [1.54, 1.807) is 28.6 Å². The molecular formula is C23H22N9O5S3+. The molecule has 0 spiro atoms. The number of aliphatic carboxylic acids is 1. The molecule has 3 aromatic heterocycles. The van der Waals surface area contributed by atoms with Crippen LogP contribution in [0.4, 0.5) is 10.9 Å². The third-order valence-electron chi connectivity index (χ3n) is 5.72. The first-order chi connectivity index (χ1) is 19.4. The zero-order valence-corrected chi connectivity index (χ0v) is 23.2. The fraction of sp³-hybridized carbons (Fsp3) is 0.217. The molecule has 17 heteroatoms. The number of nitrogens with one attached hydrogen (secondary N) is 2. The minimum absolute atomic E-state index is 0.0554. The van der Waals surface area contributed by atoms with Crippen molar-refractivity contribution in [2.75, 3.05) is 29.8 Å². The fourth-order valence-electron chi connectivity index (χ4n) is 3.94. The van der Waals surface area contributed by atoms with E-state index in [9.17, 15) is 19.5 Å². The second-order valence-corrected chi connectivity index (χ2v) is 11.3. The molecule has 2 atom stereocenters. The number of nitrogen functional groups attached to an aromatic ring is 1. The Hall–Kier alpha value is -4.22. The summed E-state index contributed by atoms with van der Waals surface area (Å²) in [5.74, 6) is -1.05. The van der Waals surface area contributed by atoms with E-state index < -0.39 is 29.2 Å². The number of nitrogens with two attached hydrogens (primary N) is 1. The molecule has 2 aliphatic rings. The number of oxime groups is 1. The van der Waals surface area contributed by atoms with Gasteiger partial charge < -0.3 is 21.0 Å². The van der Waals surface area contributed by atoms with E-state index in [4.69, 9.17) is 10.6 Å². The van der Waals surface area contributed by atoms with Gasteiger partial charge in [0.25, 0.3) is 11.8 Å². The van der Waals surface area contributed by atoms with Crippen molar-refractivity contribution in [1.29, 1.82) is 0 Å². The molecule has 0 bridgehead atoms. The van der Waals surface area contributed by atoms with Crippen LogP contribution in [0.2, 0.25) is 0 Å². The van der Waals surface area contributed by atoms with E-state index in [0.717, 1.165) is 16.2 Å². The van der Waals surface area contributed by atoms with Crippen LogP contribution in [0.3, 0.4) is 0 Å². The number of thioether (sulfide) groups is 2. The first-order valence-corrected chi connectivity index (χ1v) is 14.5. The summed E-state index contributed by atoms with van der Waals surface area (Å²) in [4.78, 5) is 57.3. The Bertz CT molecular complexity index is 1500. The van der Waals surface area contributed by atoms with Gasteiger partial charge in [0.05, 0.1) is 6.20 Å². The van der Waals surface area contributed by atoms with Crippen LogP contribution < -0.4 is 21.2 Å². The van der Waals surface area contributed by atoms with Crippen LogP contribution in [0.25, 0.3) is 0 Å². The summed E-state index contributed by atoms with van der Waals surface area (Å²) in [6.07, 6.45) is 8.38. The predicted octanol–water partition coefficient (Wildman–Crippen LogP) is 0.559. The molecule has 2 amide bonds. The summed E-state index contributed by atoms with van der Waals surface area (Å²) in [7, 11) is 1.28. The van der Waals surface area contributed by atoms with Crippen LogP contribution in [0.15, 0.2) is 69.8 Å². The number of carboxylic acids is 1. The first kappa shape index (κ1) is 27.4. The number of amides is 2. The number of carbonyl (C=O) groups excluding carboxylic acids is 2. The van der Waals surface area contributed by atoms with Crippen LogP contribution in [0, 0.1) is 0 Å². The zero-order valence-electron chi connectivity index (χ0n) is 20.8. The van der Waals surface area contributed by atoms with Crippen molar-refractivity contribution in [1.82, 2.24) is 25.2 Å². The van der Waals surface area contributed by atoms with E-state index in [1.165, 1.54) is 35.5 Å². The number of aromatic nitrogens is 4. The Labute approximate surface area is 239 Å². The first-order valence-electron chi connectivity index (χ1n) is 11.6. The average Bonchev–Trinajstić information content (AvgIpc) is 3.39. The lowest BCUT2D eigenvalue weighted by molar-refractivity contribution is -0.643. The second kappa shape index (κ2) is 11.9. The number of hydrogen-bond donors (Lipinski definition) is 4. The molecule has 0 unspecified atom stereocenters. The van der Waals surface area contributed by atoms with Crippen molar-refractivity contribution in [3.05, 3.63) is 65.5 Å². The number of hydrogen-bond acceptors (Lipinski definition) is 13. The van der Waals surface area contributed by atoms with Gasteiger partial charge in [-0.05, 0) is 5.57 Å². The van der Waals surface area contributed by atoms with E-state index in [1.807, 2.05) is 24.5 Å². The highest BCUT2D eigenvalue weighted by atomic mass is 32.2. The minimum Gasteiger partial charge on any atom is -0.477 e. The molecule has 14 nitrogen and oxygen atoms in total. The molecule has 2 aliphatic heterocycles. The summed E-state index contributed by atoms with van der Waals surface area (Å²) in [6.45, 7) is 0. The van der Waals surface area contributed by atoms with Crippen LogP contribution in [-0.2, 0) is 19.2 Å². The molecule has 3 aromatic rings. The van der Waals surface area contributed by atoms with Gasteiger partial charge in [-0.2, -0.15) is 0 Å². The summed E-state index contributed by atoms with van der Waals surface area (Å²) in [5.41, 5.74) is 9.37. The van der Waals surface area contributed by atoms with E-state index in [-0.39, 0.29) is 22.2 Å². The molecular weight excluding hydrogens is 579 g/mol. The standard InChI is InChI=1S/C23H21N9O5S3/c1-37-30-16(14-11-40-23(24)27-14)19(33)28-17-20(34)32-18(22(35)36)12(10-39-21(17)32)9-38-13-2-6-31(7-3-13)29-15-8-25-4-5-26-15/h2-8,11,17,21H,9-10H2,1H3,(H4-,24,26,27,28,29,33,35,36)/p+1/b30-16-/t17-,21-/m1/s1. The Balaban J connectivity index is 1.24. The maximum Gasteiger partial charge on any atom is 0.352 e. The van der Waals surface area contributed by atoms with Gasteiger partial charge in [-0.15, -0.1) is 40.3 Å². The van der Waals surface area contributed by atoms with Gasteiger partial charge in [-0.3, -0.25) is 19.5 Å². The summed E-state index contributed by atoms with van der Waals surface area (Å²) >= 11 is 3.97. The summed E-state index contributed by atoms with van der Waals surface area (Å²) in [6, 6.07) is 2.83. The van der Waals surface area contributed by atoms with Crippen LogP contribution in [-0.4, -0.2) is 78.5 Å². The van der Waals surface area contributed by atoms with Crippen molar-refractivity contribution in [2.45, 2.75) is 16.3 Å². The number of carbonyl (C=O) groups is 3. The van der Waals surface area contributed by atoms with Crippen LogP contribution >= 0.6 is 34.9 Å². The van der Waals surface area contributed by atoms with Gasteiger partial charge >= 0.3 is 5.97 Å². The Kier molecular flexibility index (Phi) is 8.13. The largest absolute Gasteiger partial charge is 0.477 e. The molecule has 1 saturated heterocycles. The molecule has 5 heterocycles. The van der Waals surface area contributed by atoms with Gasteiger partial charge in [0.2, 0.25) is 18.2 Å². The highest BCUT2D eigenvalue weighted by molar-refractivity contribution is 8.01. The topological polar surface area (TPSA) is 189 Å². The maximum atomic E-state index is 13.0. The SMILES string of the molecule is CO/N=C(\C(=O)N[C@@H]1C(=O)N2C(C(=O)O)=C(CSc3cc[n+](Nc4cnccn4)cc3)CS[C@H]12)c1csc(N)n1. The Morgan fingerprint density at radius 3 is 2.80 bits per heavy atom. The van der Waals surface area contributed by atoms with Crippen molar-refractivity contribution < 1.29 is 29.0 Å². The normalized spacial score (nSPS) is 18.6. The number of thiazole rings is 1. The third kappa shape index (κ3) is 5.70. The maximum absolute atomic E-state index is 13.0. The van der Waals surface area contributed by atoms with Crippen molar-refractivity contribution in [2.24, 2.45) is 5.16 Å². The van der Waals surface area contributed by atoms with Crippen LogP contribution in [0.1, 0.15) is 5.69 Å². The highest BCUT2D eigenvalue weighted by Gasteiger charge is 2.54. The molecule has 5 rings (SSSR count). The number of fused-ring (bicyclic) bond motifs is 1. The van der Waals surface area contributed by atoms with Crippen molar-refractivity contribution in [3.63, 3.8) is 0 Å². The molecule has 206 valence electrons. The predicted molar refractivity (Wildman–Crippen MR) is 148 cm³/mol. The Morgan fingerprint density at radius 1 is 1.35 bits per heavy atom. The molecule has 0 radical (unpaired) electrons. The van der Waals surface area contributed by atoms with Gasteiger partial charge in [-0.25, -0.2) is 14.8 Å². The molecule has 0 saturated carbocycles. The fourth-order valence-corrected chi connectivity index (χ4v) is 6.86. The average molecular weight is 601 g/mol. The number of β-lactam (4-membered cyclic amide) rings is 1. The summed E-state index contributed by atoms with van der Waals surface area (Å²) < 4.78 is 1.72. The smallest absolute Gasteiger partial charge is 0.352 e. The number of rotatable bonds is 10. The zero-order chi connectivity index (χ0) is 28.2. The number of nitrogens with zero attached hydrogens (tertiary/aromatic N) is 6. The van der Waals surface area contributed by atoms with Gasteiger partial charge in [-0.1, -0.05) is 9.83 Å². The number of carboxylic acid groups (broad SMARTS) is 1. The molecule has 40 heavy (non-hydrogen) atoms. The summed E-state index contributed by atoms with van der Waals surface area (Å²) in [5, 5.41) is 17.6. The lowest BCUT2D eigenvalue weighted by Gasteiger charge is -2.49. The van der Waals surface area contributed by atoms with Crippen molar-refractivity contribution in [3.8, 4) is 0 Å². The van der Waals surface area contributed by atoms with Gasteiger partial charge in [0, 0.05) is 46.3 Å². The minimum atomic E-state index is -1.20. The number of pyridine rings is 1. The Morgan fingerprint density at radius 2 is 2.15 bits per heavy atom. The van der Waals surface area contributed by atoms with Crippen LogP contribution in [0.5, 0.6) is 0 Å². The molecule has 0 aliphatic carbocycles. The molecule has 5 N–H and O–H groups in total. The lowest BCUT2D eigenvalue weighted by atomic mass is 10.0. The quantitative estimate of drug-likeness (QED) is 0.0833. The second-order valence-electron chi connectivity index (χ2n) is 8.24. The van der Waals surface area contributed by atoms with Gasteiger partial charge in [0.15, 0.2) is 10.8 Å². The molecule has 1 fully saturated rings. The van der Waals surface area contributed by atoms with E-state index in [2.05, 4.69) is 30.9 Å². The van der Waals surface area contributed by atoms with E-state index >= 15 is 0 Å². The number of anilines is 2. The van der Waals surface area contributed by atoms with Gasteiger partial charge in [0.1, 0.15) is 29.9 Å². The van der Waals surface area contributed by atoms with E-state index in [0.29, 0.717) is 22.9 Å². The van der Waals surface area contributed by atoms with Crippen molar-refractivity contribution >= 4 is 69.3 Å². The lowest BCUT2D eigenvalue weighted by Crippen LogP contribution is -2.71. The molecule has 0 aromatic carbocycles.